The number of carbonyl (C=O) groups excluding carboxylic acids is 2. The van der Waals surface area contributed by atoms with Gasteiger partial charge in [0.25, 0.3) is 0 Å². The second-order valence-electron chi connectivity index (χ2n) is 13.1. The first-order valence-electron chi connectivity index (χ1n) is 17.0. The van der Waals surface area contributed by atoms with Gasteiger partial charge in [0.15, 0.2) is 17.9 Å². The number of ether oxygens (including phenoxy) is 1. The van der Waals surface area contributed by atoms with E-state index >= 15 is 0 Å². The SMILES string of the molecule is CC(=O)N1CCC(Nc2cc(C(=O)CCC(O)CN3CCc4nc(OCc5ocnc5C)ccc4C3)cc(N3CCCCC3)n2)CC1. The number of anilines is 2. The maximum absolute atomic E-state index is 13.5. The van der Waals surface area contributed by atoms with Crippen molar-refractivity contribution >= 4 is 23.3 Å². The van der Waals surface area contributed by atoms with E-state index in [2.05, 4.69) is 20.1 Å². The molecular formula is C35H47N7O5. The number of nitrogens with one attached hydrogen (secondary N) is 1. The van der Waals surface area contributed by atoms with Crippen LogP contribution in [0.2, 0.25) is 0 Å². The topological polar surface area (TPSA) is 137 Å². The van der Waals surface area contributed by atoms with Crippen molar-refractivity contribution in [3.8, 4) is 5.88 Å². The molecular weight excluding hydrogens is 598 g/mol. The zero-order valence-corrected chi connectivity index (χ0v) is 27.6. The van der Waals surface area contributed by atoms with Crippen LogP contribution in [0.15, 0.2) is 35.1 Å². The Kier molecular flexibility index (Phi) is 10.7. The lowest BCUT2D eigenvalue weighted by Crippen LogP contribution is -2.41. The molecule has 3 aliphatic rings. The summed E-state index contributed by atoms with van der Waals surface area (Å²) in [6.45, 7) is 9.07. The van der Waals surface area contributed by atoms with Gasteiger partial charge in [0.2, 0.25) is 11.8 Å². The van der Waals surface area contributed by atoms with Gasteiger partial charge in [-0.05, 0) is 63.1 Å². The van der Waals surface area contributed by atoms with Crippen LogP contribution in [0.3, 0.4) is 0 Å². The number of pyridine rings is 2. The van der Waals surface area contributed by atoms with E-state index in [1.54, 1.807) is 6.92 Å². The summed E-state index contributed by atoms with van der Waals surface area (Å²) in [6.07, 6.45) is 7.36. The molecule has 0 spiro atoms. The van der Waals surface area contributed by atoms with Crippen LogP contribution in [0.1, 0.15) is 84.9 Å². The Balaban J connectivity index is 1.02. The molecule has 0 bridgehead atoms. The fourth-order valence-corrected chi connectivity index (χ4v) is 6.71. The number of hydrogen-bond acceptors (Lipinski definition) is 11. The van der Waals surface area contributed by atoms with E-state index < -0.39 is 6.10 Å². The Bertz CT molecular complexity index is 1530. The minimum atomic E-state index is -0.617. The zero-order valence-electron chi connectivity index (χ0n) is 27.6. The Morgan fingerprint density at radius 2 is 1.89 bits per heavy atom. The molecule has 6 rings (SSSR count). The molecule has 252 valence electrons. The number of aliphatic hydroxyl groups excluding tert-OH is 1. The van der Waals surface area contributed by atoms with Crippen LogP contribution in [-0.4, -0.2) is 93.0 Å². The minimum absolute atomic E-state index is 0.0143. The number of hydrogen-bond donors (Lipinski definition) is 2. The molecule has 12 nitrogen and oxygen atoms in total. The summed E-state index contributed by atoms with van der Waals surface area (Å²) in [5.41, 5.74) is 3.57. The van der Waals surface area contributed by atoms with Crippen molar-refractivity contribution in [2.45, 2.75) is 90.5 Å². The van der Waals surface area contributed by atoms with Crippen molar-refractivity contribution in [2.75, 3.05) is 49.5 Å². The smallest absolute Gasteiger partial charge is 0.219 e. The third kappa shape index (κ3) is 8.66. The summed E-state index contributed by atoms with van der Waals surface area (Å²) in [6, 6.07) is 7.89. The monoisotopic (exact) mass is 645 g/mol. The van der Waals surface area contributed by atoms with Gasteiger partial charge in [0.05, 0.1) is 17.5 Å². The highest BCUT2D eigenvalue weighted by Crippen LogP contribution is 2.26. The van der Waals surface area contributed by atoms with Crippen LogP contribution in [0.4, 0.5) is 11.6 Å². The quantitative estimate of drug-likeness (QED) is 0.275. The summed E-state index contributed by atoms with van der Waals surface area (Å²) >= 11 is 0. The number of likely N-dealkylation sites (tertiary alicyclic amines) is 1. The van der Waals surface area contributed by atoms with Crippen LogP contribution in [0.25, 0.3) is 0 Å². The molecule has 12 heteroatoms. The molecule has 3 aliphatic heterocycles. The number of oxazole rings is 1. The lowest BCUT2D eigenvalue weighted by Gasteiger charge is -2.32. The Hall–Kier alpha value is -4.03. The number of fused-ring (bicyclic) bond motifs is 1. The van der Waals surface area contributed by atoms with Crippen molar-refractivity contribution in [1.82, 2.24) is 24.8 Å². The first-order chi connectivity index (χ1) is 22.8. The van der Waals surface area contributed by atoms with Crippen molar-refractivity contribution in [3.63, 3.8) is 0 Å². The fourth-order valence-electron chi connectivity index (χ4n) is 6.71. The summed E-state index contributed by atoms with van der Waals surface area (Å²) in [4.78, 5) is 45.3. The fraction of sp³-hybridized carbons (Fsp3) is 0.571. The second kappa shape index (κ2) is 15.2. The molecule has 0 aliphatic carbocycles. The van der Waals surface area contributed by atoms with E-state index in [0.29, 0.717) is 42.5 Å². The van der Waals surface area contributed by atoms with E-state index in [4.69, 9.17) is 19.1 Å². The Morgan fingerprint density at radius 1 is 1.09 bits per heavy atom. The predicted molar refractivity (Wildman–Crippen MR) is 178 cm³/mol. The molecule has 2 fully saturated rings. The Morgan fingerprint density at radius 3 is 2.64 bits per heavy atom. The molecule has 2 saturated heterocycles. The second-order valence-corrected chi connectivity index (χ2v) is 13.1. The van der Waals surface area contributed by atoms with Gasteiger partial charge in [-0.2, -0.15) is 0 Å². The first kappa shape index (κ1) is 32.9. The average molecular weight is 646 g/mol. The number of Topliss-reactive ketones (excluding diaryl/α,β-unsaturated/α-hetero) is 1. The van der Waals surface area contributed by atoms with Crippen molar-refractivity contribution < 1.29 is 23.8 Å². The third-order valence-electron chi connectivity index (χ3n) is 9.58. The summed E-state index contributed by atoms with van der Waals surface area (Å²) < 4.78 is 11.2. The van der Waals surface area contributed by atoms with Crippen molar-refractivity contribution in [1.29, 1.82) is 0 Å². The lowest BCUT2D eigenvalue weighted by molar-refractivity contribution is -0.129. The predicted octanol–water partition coefficient (Wildman–Crippen LogP) is 4.15. The number of aliphatic hydroxyl groups is 1. The molecule has 1 unspecified atom stereocenters. The Labute approximate surface area is 276 Å². The van der Waals surface area contributed by atoms with Gasteiger partial charge in [-0.15, -0.1) is 0 Å². The van der Waals surface area contributed by atoms with Crippen LogP contribution in [0, 0.1) is 6.92 Å². The van der Waals surface area contributed by atoms with E-state index in [9.17, 15) is 14.7 Å². The normalized spacial score (nSPS) is 18.1. The molecule has 47 heavy (non-hydrogen) atoms. The number of rotatable bonds is 12. The number of aromatic nitrogens is 3. The molecule has 3 aromatic rings. The van der Waals surface area contributed by atoms with Crippen LogP contribution >= 0.6 is 0 Å². The molecule has 0 aromatic carbocycles. The van der Waals surface area contributed by atoms with E-state index in [1.807, 2.05) is 36.1 Å². The van der Waals surface area contributed by atoms with Gasteiger partial charge in [-0.1, -0.05) is 6.07 Å². The number of β-amino-alcohol motifs (C(OH)–C–C–N with tert-alkyl or cyclic N) is 1. The highest BCUT2D eigenvalue weighted by Gasteiger charge is 2.24. The van der Waals surface area contributed by atoms with Gasteiger partial charge >= 0.3 is 0 Å². The maximum Gasteiger partial charge on any atom is 0.219 e. The summed E-state index contributed by atoms with van der Waals surface area (Å²) in [7, 11) is 0. The van der Waals surface area contributed by atoms with Gasteiger partial charge in [-0.25, -0.2) is 15.0 Å². The van der Waals surface area contributed by atoms with E-state index in [-0.39, 0.29) is 30.8 Å². The highest BCUT2D eigenvalue weighted by atomic mass is 16.5. The van der Waals surface area contributed by atoms with Crippen molar-refractivity contribution in [2.24, 2.45) is 0 Å². The maximum atomic E-state index is 13.5. The molecule has 0 saturated carbocycles. The largest absolute Gasteiger partial charge is 0.469 e. The minimum Gasteiger partial charge on any atom is -0.469 e. The van der Waals surface area contributed by atoms with Gasteiger partial charge < -0.3 is 29.4 Å². The molecule has 2 N–H and O–H groups in total. The van der Waals surface area contributed by atoms with Crippen LogP contribution in [0.5, 0.6) is 5.88 Å². The third-order valence-corrected chi connectivity index (χ3v) is 9.58. The summed E-state index contributed by atoms with van der Waals surface area (Å²) in [5, 5.41) is 14.5. The van der Waals surface area contributed by atoms with Gasteiger partial charge in [0.1, 0.15) is 18.2 Å². The average Bonchev–Trinajstić information content (AvgIpc) is 3.50. The number of aryl methyl sites for hydroxylation is 1. The number of nitrogens with zero attached hydrogens (tertiary/aromatic N) is 6. The van der Waals surface area contributed by atoms with E-state index in [1.165, 1.54) is 12.8 Å². The molecule has 3 aromatic heterocycles. The molecule has 1 amide bonds. The standard InChI is InChI=1S/C35H47N7O5/c1-24-32(47-23-36-24)22-46-35-9-6-26-20-40(15-12-30(26)38-35)21-29(44)7-8-31(45)27-18-33(37-28-10-16-41(17-11-28)25(2)43)39-34(19-27)42-13-4-3-5-14-42/h6,9,18-19,23,28-29,44H,3-5,7-8,10-17,20-22H2,1-2H3,(H,37,39). The molecule has 1 atom stereocenters. The lowest BCUT2D eigenvalue weighted by atomic mass is 10.0. The van der Waals surface area contributed by atoms with Crippen LogP contribution in [-0.2, 0) is 24.4 Å². The van der Waals surface area contributed by atoms with Gasteiger partial charge in [-0.3, -0.25) is 14.5 Å². The zero-order chi connectivity index (χ0) is 32.8. The number of ketones is 1. The van der Waals surface area contributed by atoms with Gasteiger partial charge in [0, 0.05) is 83.3 Å². The molecule has 0 radical (unpaired) electrons. The number of amides is 1. The van der Waals surface area contributed by atoms with E-state index in [0.717, 1.165) is 87.6 Å². The highest BCUT2D eigenvalue weighted by molar-refractivity contribution is 5.97. The first-order valence-corrected chi connectivity index (χ1v) is 17.0. The van der Waals surface area contributed by atoms with Crippen LogP contribution < -0.4 is 15.0 Å². The molecule has 6 heterocycles. The summed E-state index contributed by atoms with van der Waals surface area (Å²) in [5.74, 6) is 2.92. The van der Waals surface area contributed by atoms with Crippen molar-refractivity contribution in [3.05, 3.63) is 58.9 Å². The number of piperidine rings is 2. The number of carbonyl (C=O) groups is 2.